The van der Waals surface area contributed by atoms with Gasteiger partial charge >= 0.3 is 0 Å². The molecule has 1 aromatic heterocycles. The standard InChI is InChI=1S/C16H17ClFNO3/c1-2-12(10-20)19(9-13-4-3-7-22-13)16(21)14-6-5-11(18)8-15(14)17/h3-8,12,20H,2,9-10H2,1H3/t12-/m1/s1. The van der Waals surface area contributed by atoms with Gasteiger partial charge in [0, 0.05) is 0 Å². The van der Waals surface area contributed by atoms with Crippen molar-refractivity contribution in [2.24, 2.45) is 0 Å². The topological polar surface area (TPSA) is 53.7 Å². The zero-order valence-corrected chi connectivity index (χ0v) is 12.9. The van der Waals surface area contributed by atoms with Gasteiger partial charge in [-0.1, -0.05) is 18.5 Å². The van der Waals surface area contributed by atoms with Crippen LogP contribution in [0.5, 0.6) is 0 Å². The maximum absolute atomic E-state index is 13.1. The second-order valence-corrected chi connectivity index (χ2v) is 5.29. The first-order valence-electron chi connectivity index (χ1n) is 6.96. The molecule has 1 aromatic carbocycles. The predicted molar refractivity (Wildman–Crippen MR) is 81.2 cm³/mol. The summed E-state index contributed by atoms with van der Waals surface area (Å²) >= 11 is 5.97. The van der Waals surface area contributed by atoms with E-state index in [1.165, 1.54) is 23.3 Å². The van der Waals surface area contributed by atoms with Gasteiger partial charge in [-0.2, -0.15) is 0 Å². The van der Waals surface area contributed by atoms with Crippen LogP contribution in [0.3, 0.4) is 0 Å². The third-order valence-corrected chi connectivity index (χ3v) is 3.76. The number of rotatable bonds is 6. The second-order valence-electron chi connectivity index (χ2n) is 4.88. The summed E-state index contributed by atoms with van der Waals surface area (Å²) in [6.07, 6.45) is 2.09. The van der Waals surface area contributed by atoms with Crippen molar-refractivity contribution < 1.29 is 18.7 Å². The summed E-state index contributed by atoms with van der Waals surface area (Å²) in [4.78, 5) is 14.2. The number of amides is 1. The van der Waals surface area contributed by atoms with E-state index < -0.39 is 5.82 Å². The van der Waals surface area contributed by atoms with Gasteiger partial charge in [0.25, 0.3) is 5.91 Å². The van der Waals surface area contributed by atoms with Gasteiger partial charge in [0.1, 0.15) is 11.6 Å². The number of benzene rings is 1. The highest BCUT2D eigenvalue weighted by Gasteiger charge is 2.25. The maximum atomic E-state index is 13.1. The molecule has 118 valence electrons. The molecule has 1 amide bonds. The lowest BCUT2D eigenvalue weighted by Crippen LogP contribution is -2.41. The fourth-order valence-corrected chi connectivity index (χ4v) is 2.45. The Hall–Kier alpha value is -1.85. The SMILES string of the molecule is CC[C@H](CO)N(Cc1ccco1)C(=O)c1ccc(F)cc1Cl. The third-order valence-electron chi connectivity index (χ3n) is 3.45. The van der Waals surface area contributed by atoms with Crippen LogP contribution in [0, 0.1) is 5.82 Å². The first-order valence-corrected chi connectivity index (χ1v) is 7.33. The number of halogens is 2. The summed E-state index contributed by atoms with van der Waals surface area (Å²) in [5, 5.41) is 9.56. The number of furan rings is 1. The molecule has 6 heteroatoms. The van der Waals surface area contributed by atoms with Crippen molar-refractivity contribution in [3.63, 3.8) is 0 Å². The summed E-state index contributed by atoms with van der Waals surface area (Å²) in [6.45, 7) is 1.90. The van der Waals surface area contributed by atoms with Gasteiger partial charge in [-0.25, -0.2) is 4.39 Å². The van der Waals surface area contributed by atoms with Crippen LogP contribution in [0.15, 0.2) is 41.0 Å². The van der Waals surface area contributed by atoms with Crippen molar-refractivity contribution >= 4 is 17.5 Å². The largest absolute Gasteiger partial charge is 0.467 e. The highest BCUT2D eigenvalue weighted by Crippen LogP contribution is 2.22. The first-order chi connectivity index (χ1) is 10.6. The van der Waals surface area contributed by atoms with E-state index in [4.69, 9.17) is 16.0 Å². The van der Waals surface area contributed by atoms with Crippen molar-refractivity contribution in [1.29, 1.82) is 0 Å². The lowest BCUT2D eigenvalue weighted by atomic mass is 10.1. The van der Waals surface area contributed by atoms with Gasteiger partial charge in [-0.15, -0.1) is 0 Å². The highest BCUT2D eigenvalue weighted by atomic mass is 35.5. The molecular weight excluding hydrogens is 309 g/mol. The number of hydrogen-bond donors (Lipinski definition) is 1. The summed E-state index contributed by atoms with van der Waals surface area (Å²) in [6, 6.07) is 6.72. The van der Waals surface area contributed by atoms with Crippen LogP contribution < -0.4 is 0 Å². The molecule has 1 heterocycles. The van der Waals surface area contributed by atoms with E-state index in [1.807, 2.05) is 6.92 Å². The van der Waals surface area contributed by atoms with Crippen molar-refractivity contribution in [3.05, 3.63) is 58.8 Å². The number of aliphatic hydroxyl groups is 1. The minimum atomic E-state index is -0.506. The monoisotopic (exact) mass is 325 g/mol. The molecule has 4 nitrogen and oxygen atoms in total. The molecule has 1 atom stereocenters. The minimum absolute atomic E-state index is 0.0437. The smallest absolute Gasteiger partial charge is 0.256 e. The molecule has 2 rings (SSSR count). The summed E-state index contributed by atoms with van der Waals surface area (Å²) < 4.78 is 18.4. The molecule has 1 N–H and O–H groups in total. The number of hydrogen-bond acceptors (Lipinski definition) is 3. The molecule has 0 aliphatic heterocycles. The Morgan fingerprint density at radius 2 is 2.23 bits per heavy atom. The van der Waals surface area contributed by atoms with Crippen molar-refractivity contribution in [2.75, 3.05) is 6.61 Å². The fraction of sp³-hybridized carbons (Fsp3) is 0.312. The third kappa shape index (κ3) is 3.67. The summed E-state index contributed by atoms with van der Waals surface area (Å²) in [5.74, 6) is -0.283. The lowest BCUT2D eigenvalue weighted by molar-refractivity contribution is 0.0545. The predicted octanol–water partition coefficient (Wildman–Crippen LogP) is 3.49. The van der Waals surface area contributed by atoms with E-state index in [1.54, 1.807) is 12.1 Å². The number of carbonyl (C=O) groups excluding carboxylic acids is 1. The van der Waals surface area contributed by atoms with Gasteiger partial charge in [-0.05, 0) is 36.8 Å². The average molecular weight is 326 g/mol. The molecular formula is C16H17ClFNO3. The molecule has 0 radical (unpaired) electrons. The van der Waals surface area contributed by atoms with E-state index in [-0.39, 0.29) is 35.7 Å². The Labute approximate surface area is 133 Å². The van der Waals surface area contributed by atoms with E-state index in [0.717, 1.165) is 6.07 Å². The molecule has 0 bridgehead atoms. The first kappa shape index (κ1) is 16.5. The molecule has 0 saturated carbocycles. The molecule has 22 heavy (non-hydrogen) atoms. The van der Waals surface area contributed by atoms with Gasteiger partial charge in [0.2, 0.25) is 0 Å². The minimum Gasteiger partial charge on any atom is -0.467 e. The molecule has 0 saturated heterocycles. The van der Waals surface area contributed by atoms with Crippen molar-refractivity contribution in [3.8, 4) is 0 Å². The number of aliphatic hydroxyl groups excluding tert-OH is 1. The fourth-order valence-electron chi connectivity index (χ4n) is 2.20. The second kappa shape index (κ2) is 7.42. The zero-order chi connectivity index (χ0) is 16.1. The van der Waals surface area contributed by atoms with Crippen LogP contribution in [-0.4, -0.2) is 28.6 Å². The Morgan fingerprint density at radius 3 is 2.77 bits per heavy atom. The van der Waals surface area contributed by atoms with E-state index in [2.05, 4.69) is 0 Å². The summed E-state index contributed by atoms with van der Waals surface area (Å²) in [5.41, 5.74) is 0.196. The van der Waals surface area contributed by atoms with Gasteiger partial charge in [0.15, 0.2) is 0 Å². The average Bonchev–Trinajstić information content (AvgIpc) is 3.00. The normalized spacial score (nSPS) is 12.2. The Kier molecular flexibility index (Phi) is 5.57. The van der Waals surface area contributed by atoms with Gasteiger partial charge in [0.05, 0.1) is 36.0 Å². The molecule has 2 aromatic rings. The van der Waals surface area contributed by atoms with Crippen LogP contribution in [-0.2, 0) is 6.54 Å². The molecule has 0 fully saturated rings. The van der Waals surface area contributed by atoms with Crippen LogP contribution >= 0.6 is 11.6 Å². The molecule has 0 unspecified atom stereocenters. The molecule has 0 spiro atoms. The van der Waals surface area contributed by atoms with Gasteiger partial charge in [-0.3, -0.25) is 4.79 Å². The maximum Gasteiger partial charge on any atom is 0.256 e. The van der Waals surface area contributed by atoms with Crippen LogP contribution in [0.1, 0.15) is 29.5 Å². The Balaban J connectivity index is 2.32. The zero-order valence-electron chi connectivity index (χ0n) is 12.1. The summed E-state index contributed by atoms with van der Waals surface area (Å²) in [7, 11) is 0. The van der Waals surface area contributed by atoms with Crippen LogP contribution in [0.25, 0.3) is 0 Å². The van der Waals surface area contributed by atoms with E-state index >= 15 is 0 Å². The van der Waals surface area contributed by atoms with Crippen LogP contribution in [0.2, 0.25) is 5.02 Å². The van der Waals surface area contributed by atoms with Crippen molar-refractivity contribution in [1.82, 2.24) is 4.90 Å². The van der Waals surface area contributed by atoms with E-state index in [0.29, 0.717) is 12.2 Å². The number of carbonyl (C=O) groups is 1. The lowest BCUT2D eigenvalue weighted by Gasteiger charge is -2.29. The highest BCUT2D eigenvalue weighted by molar-refractivity contribution is 6.33. The molecule has 0 aliphatic rings. The Morgan fingerprint density at radius 1 is 1.45 bits per heavy atom. The van der Waals surface area contributed by atoms with E-state index in [9.17, 15) is 14.3 Å². The quantitative estimate of drug-likeness (QED) is 0.884. The van der Waals surface area contributed by atoms with Crippen molar-refractivity contribution in [2.45, 2.75) is 25.9 Å². The van der Waals surface area contributed by atoms with Crippen LogP contribution in [0.4, 0.5) is 4.39 Å². The number of nitrogens with zero attached hydrogens (tertiary/aromatic N) is 1. The molecule has 0 aliphatic carbocycles. The Bertz CT molecular complexity index is 626. The van der Waals surface area contributed by atoms with Gasteiger partial charge < -0.3 is 14.4 Å².